The molecule has 1 aliphatic rings. The van der Waals surface area contributed by atoms with Gasteiger partial charge in [-0.25, -0.2) is 9.78 Å². The number of hydrogen-bond donors (Lipinski definition) is 0. The minimum absolute atomic E-state index is 0.0459. The van der Waals surface area contributed by atoms with Crippen molar-refractivity contribution in [2.45, 2.75) is 19.9 Å². The summed E-state index contributed by atoms with van der Waals surface area (Å²) in [5, 5.41) is 1.84. The molecule has 3 aromatic heterocycles. The van der Waals surface area contributed by atoms with Gasteiger partial charge >= 0.3 is 5.97 Å². The number of hydrogen-bond acceptors (Lipinski definition) is 5. The van der Waals surface area contributed by atoms with Gasteiger partial charge in [0.25, 0.3) is 5.91 Å². The number of nitrogens with zero attached hydrogens (tertiary/aromatic N) is 3. The molecule has 0 N–H and O–H groups in total. The first-order chi connectivity index (χ1) is 12.2. The quantitative estimate of drug-likeness (QED) is 0.678. The van der Waals surface area contributed by atoms with Gasteiger partial charge in [-0.3, -0.25) is 9.20 Å². The van der Waals surface area contributed by atoms with Crippen molar-refractivity contribution in [3.05, 3.63) is 57.7 Å². The first-order valence-corrected chi connectivity index (χ1v) is 9.04. The SMILES string of the molecule is CCOC(=O)c1csc2c1CCN(C(=O)c1cnc3ccccn13)C2. The molecule has 1 aliphatic heterocycles. The molecule has 7 heteroatoms. The van der Waals surface area contributed by atoms with Crippen LogP contribution in [0.3, 0.4) is 0 Å². The van der Waals surface area contributed by atoms with Gasteiger partial charge in [-0.05, 0) is 31.0 Å². The second kappa shape index (κ2) is 6.33. The number of esters is 1. The number of carbonyl (C=O) groups excluding carboxylic acids is 2. The summed E-state index contributed by atoms with van der Waals surface area (Å²) in [6.07, 6.45) is 4.12. The molecule has 25 heavy (non-hydrogen) atoms. The third-order valence-corrected chi connectivity index (χ3v) is 5.38. The van der Waals surface area contributed by atoms with Crippen LogP contribution in [-0.4, -0.2) is 39.3 Å². The largest absolute Gasteiger partial charge is 0.462 e. The lowest BCUT2D eigenvalue weighted by Crippen LogP contribution is -2.36. The summed E-state index contributed by atoms with van der Waals surface area (Å²) >= 11 is 1.51. The molecule has 4 rings (SSSR count). The molecule has 0 bridgehead atoms. The van der Waals surface area contributed by atoms with Gasteiger partial charge in [0.15, 0.2) is 0 Å². The van der Waals surface area contributed by atoms with Gasteiger partial charge in [0.05, 0.1) is 24.9 Å². The Kier molecular flexibility index (Phi) is 4.01. The first kappa shape index (κ1) is 15.8. The number of carbonyl (C=O) groups is 2. The highest BCUT2D eigenvalue weighted by Gasteiger charge is 2.28. The molecule has 0 spiro atoms. The van der Waals surface area contributed by atoms with Crippen molar-refractivity contribution >= 4 is 28.9 Å². The molecule has 0 fully saturated rings. The Bertz CT molecular complexity index is 960. The molecule has 0 aromatic carbocycles. The van der Waals surface area contributed by atoms with E-state index in [1.54, 1.807) is 17.5 Å². The molecular weight excluding hydrogens is 338 g/mol. The van der Waals surface area contributed by atoms with E-state index in [0.29, 0.717) is 37.4 Å². The van der Waals surface area contributed by atoms with Crippen LogP contribution in [0.1, 0.15) is 38.2 Å². The molecule has 0 aliphatic carbocycles. The van der Waals surface area contributed by atoms with Crippen LogP contribution in [0.5, 0.6) is 0 Å². The Morgan fingerprint density at radius 2 is 2.24 bits per heavy atom. The van der Waals surface area contributed by atoms with Crippen molar-refractivity contribution in [1.29, 1.82) is 0 Å². The number of fused-ring (bicyclic) bond motifs is 2. The van der Waals surface area contributed by atoms with Crippen molar-refractivity contribution in [3.8, 4) is 0 Å². The summed E-state index contributed by atoms with van der Waals surface area (Å²) < 4.78 is 6.91. The number of imidazole rings is 1. The molecule has 0 saturated carbocycles. The number of aromatic nitrogens is 2. The zero-order valence-electron chi connectivity index (χ0n) is 13.8. The van der Waals surface area contributed by atoms with Crippen LogP contribution in [-0.2, 0) is 17.7 Å². The van der Waals surface area contributed by atoms with Crippen molar-refractivity contribution in [2.24, 2.45) is 0 Å². The maximum absolute atomic E-state index is 12.9. The predicted molar refractivity (Wildman–Crippen MR) is 93.9 cm³/mol. The third kappa shape index (κ3) is 2.70. The monoisotopic (exact) mass is 355 g/mol. The van der Waals surface area contributed by atoms with Gasteiger partial charge in [-0.15, -0.1) is 11.3 Å². The van der Waals surface area contributed by atoms with Crippen LogP contribution in [0, 0.1) is 0 Å². The smallest absolute Gasteiger partial charge is 0.339 e. The second-order valence-electron chi connectivity index (χ2n) is 5.82. The number of pyridine rings is 1. The molecule has 0 saturated heterocycles. The fourth-order valence-corrected chi connectivity index (χ4v) is 4.22. The van der Waals surface area contributed by atoms with Crippen LogP contribution < -0.4 is 0 Å². The fourth-order valence-electron chi connectivity index (χ4n) is 3.13. The van der Waals surface area contributed by atoms with E-state index in [0.717, 1.165) is 16.1 Å². The normalized spacial score (nSPS) is 13.7. The minimum Gasteiger partial charge on any atom is -0.462 e. The molecule has 0 radical (unpaired) electrons. The van der Waals surface area contributed by atoms with E-state index in [4.69, 9.17) is 4.74 Å². The average Bonchev–Trinajstić information content (AvgIpc) is 3.25. The summed E-state index contributed by atoms with van der Waals surface area (Å²) in [5.41, 5.74) is 2.97. The predicted octanol–water partition coefficient (Wildman–Crippen LogP) is 2.77. The minimum atomic E-state index is -0.276. The maximum Gasteiger partial charge on any atom is 0.339 e. The Balaban J connectivity index is 1.58. The molecule has 0 atom stereocenters. The molecule has 3 aromatic rings. The fraction of sp³-hybridized carbons (Fsp3) is 0.278. The lowest BCUT2D eigenvalue weighted by molar-refractivity contribution is 0.0525. The lowest BCUT2D eigenvalue weighted by atomic mass is 10.0. The maximum atomic E-state index is 12.9. The van der Waals surface area contributed by atoms with Gasteiger partial charge in [0, 0.05) is 23.0 Å². The van der Waals surface area contributed by atoms with E-state index in [1.807, 2.05) is 34.7 Å². The van der Waals surface area contributed by atoms with E-state index in [2.05, 4.69) is 4.98 Å². The van der Waals surface area contributed by atoms with Crippen LogP contribution >= 0.6 is 11.3 Å². The Morgan fingerprint density at radius 3 is 3.08 bits per heavy atom. The topological polar surface area (TPSA) is 63.9 Å². The Labute approximate surface area is 148 Å². The van der Waals surface area contributed by atoms with Gasteiger partial charge in [-0.2, -0.15) is 0 Å². The summed E-state index contributed by atoms with van der Waals surface area (Å²) in [7, 11) is 0. The highest BCUT2D eigenvalue weighted by atomic mass is 32.1. The second-order valence-corrected chi connectivity index (χ2v) is 6.78. The van der Waals surface area contributed by atoms with E-state index in [1.165, 1.54) is 11.3 Å². The van der Waals surface area contributed by atoms with Gasteiger partial charge in [0.2, 0.25) is 0 Å². The van der Waals surface area contributed by atoms with Crippen molar-refractivity contribution in [2.75, 3.05) is 13.2 Å². The Hall–Kier alpha value is -2.67. The zero-order valence-corrected chi connectivity index (χ0v) is 14.6. The average molecular weight is 355 g/mol. The van der Waals surface area contributed by atoms with Gasteiger partial charge in [0.1, 0.15) is 11.3 Å². The van der Waals surface area contributed by atoms with Crippen LogP contribution in [0.4, 0.5) is 0 Å². The standard InChI is InChI=1S/C18H17N3O3S/c1-2-24-18(23)13-11-25-15-10-20(8-6-12(13)15)17(22)14-9-19-16-5-3-4-7-21(14)16/h3-5,7,9,11H,2,6,8,10H2,1H3. The lowest BCUT2D eigenvalue weighted by Gasteiger charge is -2.27. The van der Waals surface area contributed by atoms with E-state index >= 15 is 0 Å². The highest BCUT2D eigenvalue weighted by Crippen LogP contribution is 2.30. The van der Waals surface area contributed by atoms with Crippen LogP contribution in [0.15, 0.2) is 36.0 Å². The molecule has 6 nitrogen and oxygen atoms in total. The van der Waals surface area contributed by atoms with Crippen molar-refractivity contribution in [3.63, 3.8) is 0 Å². The number of thiophene rings is 1. The van der Waals surface area contributed by atoms with Crippen LogP contribution in [0.2, 0.25) is 0 Å². The number of rotatable bonds is 3. The molecule has 128 valence electrons. The summed E-state index contributed by atoms with van der Waals surface area (Å²) in [5.74, 6) is -0.322. The van der Waals surface area contributed by atoms with Gasteiger partial charge in [-0.1, -0.05) is 6.07 Å². The summed E-state index contributed by atoms with van der Waals surface area (Å²) in [6.45, 7) is 3.25. The summed E-state index contributed by atoms with van der Waals surface area (Å²) in [4.78, 5) is 32.1. The molecule has 1 amide bonds. The zero-order chi connectivity index (χ0) is 17.4. The third-order valence-electron chi connectivity index (χ3n) is 4.37. The van der Waals surface area contributed by atoms with Gasteiger partial charge < -0.3 is 9.64 Å². The molecule has 4 heterocycles. The Morgan fingerprint density at radius 1 is 1.36 bits per heavy atom. The van der Waals surface area contributed by atoms with Crippen molar-refractivity contribution in [1.82, 2.24) is 14.3 Å². The summed E-state index contributed by atoms with van der Waals surface area (Å²) in [6, 6.07) is 5.65. The molecular formula is C18H17N3O3S. The van der Waals surface area contributed by atoms with Crippen LogP contribution in [0.25, 0.3) is 5.65 Å². The van der Waals surface area contributed by atoms with E-state index in [-0.39, 0.29) is 11.9 Å². The van der Waals surface area contributed by atoms with E-state index < -0.39 is 0 Å². The highest BCUT2D eigenvalue weighted by molar-refractivity contribution is 7.10. The number of ether oxygens (including phenoxy) is 1. The van der Waals surface area contributed by atoms with E-state index in [9.17, 15) is 9.59 Å². The number of amides is 1. The van der Waals surface area contributed by atoms with Crippen molar-refractivity contribution < 1.29 is 14.3 Å². The first-order valence-electron chi connectivity index (χ1n) is 8.16. The molecule has 0 unspecified atom stereocenters.